The molecule has 4 nitrogen and oxygen atoms in total. The van der Waals surface area contributed by atoms with Crippen LogP contribution < -0.4 is 0 Å². The Morgan fingerprint density at radius 2 is 2.04 bits per heavy atom. The number of amides is 1. The molecule has 1 aromatic rings. The average molecular weight is 344 g/mol. The second-order valence-electron chi connectivity index (χ2n) is 9.00. The number of rotatable bonds is 2. The summed E-state index contributed by atoms with van der Waals surface area (Å²) >= 11 is 0. The molecule has 1 amide bonds. The first-order chi connectivity index (χ1) is 11.8. The first kappa shape index (κ1) is 16.6. The first-order valence-electron chi connectivity index (χ1n) is 9.05. The second kappa shape index (κ2) is 5.55. The zero-order valence-electron chi connectivity index (χ0n) is 15.1. The van der Waals surface area contributed by atoms with E-state index in [2.05, 4.69) is 25.9 Å². The molecule has 3 aliphatic rings. The third kappa shape index (κ3) is 2.94. The van der Waals surface area contributed by atoms with Gasteiger partial charge in [0.25, 0.3) is 5.91 Å². The molecule has 1 saturated carbocycles. The number of oxime groups is 1. The van der Waals surface area contributed by atoms with Gasteiger partial charge in [-0.15, -0.1) is 0 Å². The van der Waals surface area contributed by atoms with Gasteiger partial charge < -0.3 is 9.74 Å². The van der Waals surface area contributed by atoms with Gasteiger partial charge in [-0.05, 0) is 36.2 Å². The molecule has 1 aliphatic carbocycles. The number of fused-ring (bicyclic) bond motifs is 2. The Labute approximate surface area is 148 Å². The van der Waals surface area contributed by atoms with Gasteiger partial charge in [0.2, 0.25) is 6.10 Å². The number of halogens is 1. The van der Waals surface area contributed by atoms with Crippen molar-refractivity contribution in [2.24, 2.45) is 16.0 Å². The molecule has 2 aliphatic heterocycles. The van der Waals surface area contributed by atoms with Crippen LogP contribution in [0.4, 0.5) is 4.39 Å². The van der Waals surface area contributed by atoms with Gasteiger partial charge in [0.05, 0.1) is 5.71 Å². The van der Waals surface area contributed by atoms with Crippen molar-refractivity contribution in [1.82, 2.24) is 4.90 Å². The highest BCUT2D eigenvalue weighted by atomic mass is 19.1. The third-order valence-corrected chi connectivity index (χ3v) is 5.83. The van der Waals surface area contributed by atoms with Gasteiger partial charge in [-0.2, -0.15) is 0 Å². The summed E-state index contributed by atoms with van der Waals surface area (Å²) in [6, 6.07) is 6.77. The van der Waals surface area contributed by atoms with E-state index in [-0.39, 0.29) is 28.6 Å². The van der Waals surface area contributed by atoms with E-state index in [0.29, 0.717) is 17.7 Å². The summed E-state index contributed by atoms with van der Waals surface area (Å²) in [5.41, 5.74) is 1.39. The maximum Gasteiger partial charge on any atom is 0.267 e. The Morgan fingerprint density at radius 1 is 1.28 bits per heavy atom. The van der Waals surface area contributed by atoms with Crippen LogP contribution in [-0.2, 0) is 9.63 Å². The highest BCUT2D eigenvalue weighted by molar-refractivity contribution is 6.04. The fraction of sp³-hybridized carbons (Fsp3) is 0.600. The molecular formula is C20H25FN2O2. The van der Waals surface area contributed by atoms with Crippen LogP contribution in [0.25, 0.3) is 0 Å². The van der Waals surface area contributed by atoms with E-state index >= 15 is 0 Å². The standard InChI is InChI=1S/C20H25FN2O2/c1-19(2)9-13-10-20(3,11-19)12-23(13)18(24)17-8-16(22-25-17)14-6-4-5-7-15(14)21/h4-7,13,17H,8-12H2,1-3H3/t13-,17+,20+/m1/s1. The van der Waals surface area contributed by atoms with E-state index in [1.54, 1.807) is 18.2 Å². The van der Waals surface area contributed by atoms with Gasteiger partial charge in [0.15, 0.2) is 0 Å². The molecular weight excluding hydrogens is 319 g/mol. The molecule has 0 aromatic heterocycles. The van der Waals surface area contributed by atoms with E-state index in [1.807, 2.05) is 4.90 Å². The maximum atomic E-state index is 14.0. The van der Waals surface area contributed by atoms with E-state index in [1.165, 1.54) is 6.07 Å². The molecule has 0 unspecified atom stereocenters. The highest BCUT2D eigenvalue weighted by Gasteiger charge is 2.52. The number of carbonyl (C=O) groups excluding carboxylic acids is 1. The monoisotopic (exact) mass is 344 g/mol. The minimum absolute atomic E-state index is 0.00140. The Kier molecular flexibility index (Phi) is 3.67. The largest absolute Gasteiger partial charge is 0.382 e. The lowest BCUT2D eigenvalue weighted by Gasteiger charge is -2.39. The molecule has 4 rings (SSSR count). The van der Waals surface area contributed by atoms with Crippen LogP contribution in [0.1, 0.15) is 52.0 Å². The van der Waals surface area contributed by atoms with Gasteiger partial charge >= 0.3 is 0 Å². The van der Waals surface area contributed by atoms with Crippen LogP contribution in [0.5, 0.6) is 0 Å². The summed E-state index contributed by atoms with van der Waals surface area (Å²) in [5.74, 6) is -0.328. The fourth-order valence-electron chi connectivity index (χ4n) is 5.27. The van der Waals surface area contributed by atoms with E-state index < -0.39 is 6.10 Å². The molecule has 134 valence electrons. The Hall–Kier alpha value is -1.91. The first-order valence-corrected chi connectivity index (χ1v) is 9.05. The summed E-state index contributed by atoms with van der Waals surface area (Å²) in [4.78, 5) is 20.5. The lowest BCUT2D eigenvalue weighted by atomic mass is 9.65. The van der Waals surface area contributed by atoms with Gasteiger partial charge in [-0.3, -0.25) is 4.79 Å². The molecule has 0 spiro atoms. The van der Waals surface area contributed by atoms with Crippen molar-refractivity contribution >= 4 is 11.6 Å². The van der Waals surface area contributed by atoms with Crippen molar-refractivity contribution in [3.8, 4) is 0 Å². The molecule has 5 heteroatoms. The van der Waals surface area contributed by atoms with Crippen molar-refractivity contribution in [2.45, 2.75) is 58.6 Å². The topological polar surface area (TPSA) is 41.9 Å². The van der Waals surface area contributed by atoms with Crippen molar-refractivity contribution in [1.29, 1.82) is 0 Å². The predicted octanol–water partition coefficient (Wildman–Crippen LogP) is 3.75. The van der Waals surface area contributed by atoms with E-state index in [0.717, 1.165) is 25.8 Å². The number of nitrogens with zero attached hydrogens (tertiary/aromatic N) is 2. The lowest BCUT2D eigenvalue weighted by molar-refractivity contribution is -0.143. The summed E-state index contributed by atoms with van der Waals surface area (Å²) < 4.78 is 14.0. The maximum absolute atomic E-state index is 14.0. The normalized spacial score (nSPS) is 33.1. The molecule has 1 aromatic carbocycles. The van der Waals surface area contributed by atoms with Crippen molar-refractivity contribution in [3.05, 3.63) is 35.6 Å². The zero-order chi connectivity index (χ0) is 17.8. The van der Waals surface area contributed by atoms with Crippen LogP contribution in [0.3, 0.4) is 0 Å². The van der Waals surface area contributed by atoms with Crippen molar-refractivity contribution < 1.29 is 14.0 Å². The summed E-state index contributed by atoms with van der Waals surface area (Å²) in [7, 11) is 0. The van der Waals surface area contributed by atoms with Gasteiger partial charge in [-0.25, -0.2) is 4.39 Å². The highest BCUT2D eigenvalue weighted by Crippen LogP contribution is 2.52. The molecule has 1 saturated heterocycles. The van der Waals surface area contributed by atoms with Crippen molar-refractivity contribution in [2.75, 3.05) is 6.54 Å². The molecule has 25 heavy (non-hydrogen) atoms. The number of carbonyl (C=O) groups is 1. The minimum Gasteiger partial charge on any atom is -0.382 e. The Balaban J connectivity index is 1.48. The number of likely N-dealkylation sites (tertiary alicyclic amines) is 1. The van der Waals surface area contributed by atoms with Crippen LogP contribution >= 0.6 is 0 Å². The molecule has 0 radical (unpaired) electrons. The lowest BCUT2D eigenvalue weighted by Crippen LogP contribution is -2.43. The van der Waals surface area contributed by atoms with E-state index in [4.69, 9.17) is 4.84 Å². The van der Waals surface area contributed by atoms with Gasteiger partial charge in [0.1, 0.15) is 5.82 Å². The number of benzene rings is 1. The third-order valence-electron chi connectivity index (χ3n) is 5.83. The molecule has 3 atom stereocenters. The smallest absolute Gasteiger partial charge is 0.267 e. The quantitative estimate of drug-likeness (QED) is 0.820. The summed E-state index contributed by atoms with van der Waals surface area (Å²) in [5, 5.41) is 4.00. The van der Waals surface area contributed by atoms with Crippen LogP contribution in [-0.4, -0.2) is 35.2 Å². The molecule has 2 fully saturated rings. The summed E-state index contributed by atoms with van der Waals surface area (Å²) in [6.07, 6.45) is 2.95. The minimum atomic E-state index is -0.624. The SMILES string of the molecule is CC1(C)C[C@@H]2C[C@](C)(CN2C(=O)[C@@H]2CC(c3ccccc3F)=NO2)C1. The van der Waals surface area contributed by atoms with Crippen LogP contribution in [0.15, 0.2) is 29.4 Å². The second-order valence-corrected chi connectivity index (χ2v) is 9.00. The zero-order valence-corrected chi connectivity index (χ0v) is 15.1. The molecule has 2 heterocycles. The fourth-order valence-corrected chi connectivity index (χ4v) is 5.27. The van der Waals surface area contributed by atoms with Crippen LogP contribution in [0.2, 0.25) is 0 Å². The van der Waals surface area contributed by atoms with Gasteiger partial charge in [-0.1, -0.05) is 44.1 Å². The number of hydrogen-bond donors (Lipinski definition) is 0. The Morgan fingerprint density at radius 3 is 2.80 bits per heavy atom. The molecule has 0 N–H and O–H groups in total. The number of hydrogen-bond acceptors (Lipinski definition) is 3. The van der Waals surface area contributed by atoms with Crippen molar-refractivity contribution in [3.63, 3.8) is 0 Å². The van der Waals surface area contributed by atoms with E-state index in [9.17, 15) is 9.18 Å². The molecule has 2 bridgehead atoms. The predicted molar refractivity (Wildman–Crippen MR) is 93.7 cm³/mol. The summed E-state index contributed by atoms with van der Waals surface area (Å²) in [6.45, 7) is 7.65. The Bertz CT molecular complexity index is 745. The van der Waals surface area contributed by atoms with Crippen LogP contribution in [0, 0.1) is 16.6 Å². The average Bonchev–Trinajstić information content (AvgIpc) is 3.09. The van der Waals surface area contributed by atoms with Gasteiger partial charge in [0, 0.05) is 24.6 Å².